The Morgan fingerprint density at radius 1 is 1.21 bits per heavy atom. The second-order valence-corrected chi connectivity index (χ2v) is 4.77. The Morgan fingerprint density at radius 3 is 2.68 bits per heavy atom. The molecular formula is C14H14Cl2N2O. The number of nitrogens with zero attached hydrogens (tertiary/aromatic N) is 1. The number of hydrogen-bond donors (Lipinski definition) is 1. The van der Waals surface area contributed by atoms with Gasteiger partial charge in [-0.2, -0.15) is 0 Å². The van der Waals surface area contributed by atoms with Gasteiger partial charge >= 0.3 is 0 Å². The van der Waals surface area contributed by atoms with Gasteiger partial charge in [-0.05, 0) is 24.7 Å². The van der Waals surface area contributed by atoms with Crippen molar-refractivity contribution in [2.45, 2.75) is 6.04 Å². The average molecular weight is 297 g/mol. The number of pyridine rings is 1. The molecule has 0 bridgehead atoms. The Balaban J connectivity index is 2.53. The van der Waals surface area contributed by atoms with Crippen LogP contribution in [0, 0.1) is 0 Å². The van der Waals surface area contributed by atoms with Gasteiger partial charge in [-0.3, -0.25) is 4.98 Å². The zero-order chi connectivity index (χ0) is 13.8. The van der Waals surface area contributed by atoms with E-state index in [2.05, 4.69) is 10.3 Å². The summed E-state index contributed by atoms with van der Waals surface area (Å²) in [5.41, 5.74) is 1.87. The number of nitrogens with one attached hydrogen (secondary N) is 1. The molecule has 0 aliphatic heterocycles. The first-order chi connectivity index (χ1) is 9.19. The number of benzene rings is 1. The van der Waals surface area contributed by atoms with Crippen molar-refractivity contribution in [3.8, 4) is 5.75 Å². The third kappa shape index (κ3) is 2.84. The van der Waals surface area contributed by atoms with Crippen molar-refractivity contribution in [2.24, 2.45) is 0 Å². The maximum absolute atomic E-state index is 6.28. The van der Waals surface area contributed by atoms with Crippen LogP contribution in [0.25, 0.3) is 0 Å². The van der Waals surface area contributed by atoms with Gasteiger partial charge in [0.15, 0.2) is 0 Å². The predicted molar refractivity (Wildman–Crippen MR) is 78.2 cm³/mol. The van der Waals surface area contributed by atoms with E-state index in [9.17, 15) is 0 Å². The van der Waals surface area contributed by atoms with Crippen molar-refractivity contribution in [2.75, 3.05) is 14.2 Å². The van der Waals surface area contributed by atoms with Crippen LogP contribution in [-0.2, 0) is 0 Å². The van der Waals surface area contributed by atoms with E-state index in [0.717, 1.165) is 11.1 Å². The van der Waals surface area contributed by atoms with Crippen LogP contribution in [0.15, 0.2) is 36.7 Å². The van der Waals surface area contributed by atoms with Crippen LogP contribution >= 0.6 is 23.2 Å². The second-order valence-electron chi connectivity index (χ2n) is 3.98. The van der Waals surface area contributed by atoms with E-state index in [1.165, 1.54) is 0 Å². The summed E-state index contributed by atoms with van der Waals surface area (Å²) >= 11 is 12.4. The Bertz CT molecular complexity index is 575. The molecule has 0 spiro atoms. The minimum absolute atomic E-state index is 0.107. The first-order valence-electron chi connectivity index (χ1n) is 5.78. The van der Waals surface area contributed by atoms with Crippen molar-refractivity contribution in [1.82, 2.24) is 10.3 Å². The van der Waals surface area contributed by atoms with Crippen LogP contribution in [0.2, 0.25) is 10.0 Å². The first-order valence-corrected chi connectivity index (χ1v) is 6.53. The molecule has 2 rings (SSSR count). The van der Waals surface area contributed by atoms with Crippen LogP contribution in [-0.4, -0.2) is 19.1 Å². The van der Waals surface area contributed by atoms with E-state index < -0.39 is 0 Å². The summed E-state index contributed by atoms with van der Waals surface area (Å²) in [5, 5.41) is 4.31. The molecule has 19 heavy (non-hydrogen) atoms. The molecule has 0 aliphatic carbocycles. The molecule has 0 amide bonds. The van der Waals surface area contributed by atoms with Crippen molar-refractivity contribution < 1.29 is 4.74 Å². The van der Waals surface area contributed by atoms with Crippen molar-refractivity contribution >= 4 is 23.2 Å². The molecule has 3 nitrogen and oxygen atoms in total. The molecule has 2 aromatic rings. The van der Waals surface area contributed by atoms with E-state index in [-0.39, 0.29) is 6.04 Å². The summed E-state index contributed by atoms with van der Waals surface area (Å²) < 4.78 is 5.34. The van der Waals surface area contributed by atoms with Crippen LogP contribution in [0.1, 0.15) is 17.2 Å². The largest absolute Gasteiger partial charge is 0.495 e. The van der Waals surface area contributed by atoms with Gasteiger partial charge in [-0.15, -0.1) is 0 Å². The molecule has 0 aliphatic rings. The minimum atomic E-state index is -0.107. The molecule has 1 atom stereocenters. The van der Waals surface area contributed by atoms with E-state index in [4.69, 9.17) is 27.9 Å². The molecule has 0 radical (unpaired) electrons. The number of methoxy groups -OCH3 is 1. The number of rotatable bonds is 4. The first kappa shape index (κ1) is 14.1. The van der Waals surface area contributed by atoms with Gasteiger partial charge in [0, 0.05) is 11.8 Å². The summed E-state index contributed by atoms with van der Waals surface area (Å²) in [6.45, 7) is 0. The van der Waals surface area contributed by atoms with E-state index in [1.54, 1.807) is 25.6 Å². The normalized spacial score (nSPS) is 12.2. The number of ether oxygens (including phenoxy) is 1. The topological polar surface area (TPSA) is 34.2 Å². The lowest BCUT2D eigenvalue weighted by molar-refractivity contribution is 0.403. The summed E-state index contributed by atoms with van der Waals surface area (Å²) in [5.74, 6) is 0.706. The minimum Gasteiger partial charge on any atom is -0.495 e. The van der Waals surface area contributed by atoms with Gasteiger partial charge in [0.1, 0.15) is 5.75 Å². The zero-order valence-corrected chi connectivity index (χ0v) is 12.2. The maximum Gasteiger partial charge on any atom is 0.142 e. The summed E-state index contributed by atoms with van der Waals surface area (Å²) in [6.07, 6.45) is 3.40. The summed E-state index contributed by atoms with van der Waals surface area (Å²) in [6, 6.07) is 7.38. The number of halogens is 2. The molecule has 0 fully saturated rings. The fraction of sp³-hybridized carbons (Fsp3) is 0.214. The van der Waals surface area contributed by atoms with E-state index in [1.807, 2.05) is 25.2 Å². The highest BCUT2D eigenvalue weighted by Gasteiger charge is 2.19. The Labute approximate surface area is 122 Å². The van der Waals surface area contributed by atoms with Crippen molar-refractivity contribution in [3.05, 3.63) is 57.8 Å². The lowest BCUT2D eigenvalue weighted by Gasteiger charge is -2.20. The third-order valence-corrected chi connectivity index (χ3v) is 3.76. The molecule has 1 aromatic heterocycles. The van der Waals surface area contributed by atoms with Crippen LogP contribution in [0.4, 0.5) is 0 Å². The van der Waals surface area contributed by atoms with Crippen molar-refractivity contribution in [1.29, 1.82) is 0 Å². The Kier molecular flexibility index (Phi) is 4.64. The second kappa shape index (κ2) is 6.24. The Hall–Kier alpha value is -1.29. The van der Waals surface area contributed by atoms with Gasteiger partial charge in [0.05, 0.1) is 29.4 Å². The Morgan fingerprint density at radius 2 is 2.00 bits per heavy atom. The molecule has 100 valence electrons. The van der Waals surface area contributed by atoms with Crippen LogP contribution in [0.3, 0.4) is 0 Å². The third-order valence-electron chi connectivity index (χ3n) is 2.93. The smallest absolute Gasteiger partial charge is 0.142 e. The van der Waals surface area contributed by atoms with Gasteiger partial charge in [-0.1, -0.05) is 35.3 Å². The molecule has 1 aromatic carbocycles. The van der Waals surface area contributed by atoms with Gasteiger partial charge < -0.3 is 10.1 Å². The summed E-state index contributed by atoms with van der Waals surface area (Å²) in [7, 11) is 3.48. The van der Waals surface area contributed by atoms with Gasteiger partial charge in [0.25, 0.3) is 0 Å². The number of hydrogen-bond acceptors (Lipinski definition) is 3. The molecular weight excluding hydrogens is 283 g/mol. The van der Waals surface area contributed by atoms with Gasteiger partial charge in [-0.25, -0.2) is 0 Å². The molecule has 0 saturated heterocycles. The molecule has 1 unspecified atom stereocenters. The monoisotopic (exact) mass is 296 g/mol. The highest BCUT2D eigenvalue weighted by atomic mass is 35.5. The highest BCUT2D eigenvalue weighted by molar-refractivity contribution is 6.42. The fourth-order valence-corrected chi connectivity index (χ4v) is 2.44. The van der Waals surface area contributed by atoms with Crippen molar-refractivity contribution in [3.63, 3.8) is 0 Å². The number of aromatic nitrogens is 1. The highest BCUT2D eigenvalue weighted by Crippen LogP contribution is 2.35. The van der Waals surface area contributed by atoms with Crippen LogP contribution < -0.4 is 10.1 Å². The maximum atomic E-state index is 6.28. The fourth-order valence-electron chi connectivity index (χ4n) is 2.02. The quantitative estimate of drug-likeness (QED) is 0.934. The standard InChI is InChI=1S/C14H14Cl2N2O/c1-17-14(9-6-7-18-8-12(9)19-2)10-4-3-5-11(15)13(10)16/h3-8,14,17H,1-2H3. The van der Waals surface area contributed by atoms with Crippen LogP contribution in [0.5, 0.6) is 5.75 Å². The lowest BCUT2D eigenvalue weighted by atomic mass is 9.99. The zero-order valence-electron chi connectivity index (χ0n) is 10.7. The predicted octanol–water partition coefficient (Wildman–Crippen LogP) is 3.71. The van der Waals surface area contributed by atoms with E-state index >= 15 is 0 Å². The lowest BCUT2D eigenvalue weighted by Crippen LogP contribution is -2.19. The average Bonchev–Trinajstić information content (AvgIpc) is 2.45. The SMILES string of the molecule is CNC(c1ccncc1OC)c1cccc(Cl)c1Cl. The molecule has 0 saturated carbocycles. The summed E-state index contributed by atoms with van der Waals surface area (Å²) in [4.78, 5) is 4.05. The molecule has 5 heteroatoms. The van der Waals surface area contributed by atoms with E-state index in [0.29, 0.717) is 15.8 Å². The molecule has 1 N–H and O–H groups in total. The molecule has 1 heterocycles. The van der Waals surface area contributed by atoms with Gasteiger partial charge in [0.2, 0.25) is 0 Å².